The number of aliphatic carboxylic acids is 1. The summed E-state index contributed by atoms with van der Waals surface area (Å²) in [6.07, 6.45) is 0. The van der Waals surface area contributed by atoms with Gasteiger partial charge in [0.25, 0.3) is 10.2 Å². The summed E-state index contributed by atoms with van der Waals surface area (Å²) in [6, 6.07) is -1.46. The highest BCUT2D eigenvalue weighted by molar-refractivity contribution is 8.13. The molecule has 1 amide bonds. The van der Waals surface area contributed by atoms with Gasteiger partial charge in [0.2, 0.25) is 5.91 Å². The fourth-order valence-electron chi connectivity index (χ4n) is 1.44. The van der Waals surface area contributed by atoms with Crippen molar-refractivity contribution in [3.8, 4) is 0 Å². The Kier molecular flexibility index (Phi) is 8.93. The molecule has 0 aromatic carbocycles. The quantitative estimate of drug-likeness (QED) is 0.331. The Morgan fingerprint density at radius 1 is 1.04 bits per heavy atom. The van der Waals surface area contributed by atoms with E-state index in [0.29, 0.717) is 11.8 Å². The van der Waals surface area contributed by atoms with Crippen molar-refractivity contribution in [3.63, 3.8) is 0 Å². The maximum Gasteiger partial charge on any atom is 0.327 e. The molecule has 154 valence electrons. The van der Waals surface area contributed by atoms with E-state index in [1.807, 2.05) is 0 Å². The van der Waals surface area contributed by atoms with Crippen LogP contribution in [0, 0.1) is 31.1 Å². The molecule has 0 heterocycles. The molecule has 0 spiro atoms. The summed E-state index contributed by atoms with van der Waals surface area (Å²) in [5, 5.41) is 29.2. The SMILES string of the molecule is CC(C)(CO[N+](=O)[O-])C(=O)NC(CSC(=O)C(C)(C)CO[N+](=O)[O-])C(=O)O. The van der Waals surface area contributed by atoms with Crippen molar-refractivity contribution < 1.29 is 39.3 Å². The zero-order valence-corrected chi connectivity index (χ0v) is 15.9. The highest BCUT2D eigenvalue weighted by Gasteiger charge is 2.35. The topological polar surface area (TPSA) is 188 Å². The standard InChI is InChI=1S/C13H21N3O10S/c1-12(2,6-25-15(21)22)10(19)14-8(9(17)18)5-27-11(20)13(3,4)7-26-16(23)24/h8H,5-7H2,1-4H3,(H,14,19)(H,17,18). The molecule has 0 radical (unpaired) electrons. The van der Waals surface area contributed by atoms with Crippen LogP contribution in [-0.4, -0.2) is 57.3 Å². The van der Waals surface area contributed by atoms with Crippen molar-refractivity contribution in [1.82, 2.24) is 5.32 Å². The number of nitrogens with zero attached hydrogens (tertiary/aromatic N) is 2. The number of rotatable bonds is 12. The Bertz CT molecular complexity index is 607. The van der Waals surface area contributed by atoms with E-state index in [-0.39, 0.29) is 5.75 Å². The highest BCUT2D eigenvalue weighted by atomic mass is 32.2. The van der Waals surface area contributed by atoms with Crippen molar-refractivity contribution >= 4 is 28.8 Å². The Labute approximate surface area is 158 Å². The summed E-state index contributed by atoms with van der Waals surface area (Å²) in [5.74, 6) is -2.59. The second-order valence-corrected chi connectivity index (χ2v) is 7.72. The molecule has 0 aromatic heterocycles. The van der Waals surface area contributed by atoms with Crippen LogP contribution in [0.25, 0.3) is 0 Å². The summed E-state index contributed by atoms with van der Waals surface area (Å²) >= 11 is 0.566. The van der Waals surface area contributed by atoms with Crippen LogP contribution in [0.4, 0.5) is 0 Å². The molecule has 13 nitrogen and oxygen atoms in total. The van der Waals surface area contributed by atoms with E-state index < -0.39 is 57.3 Å². The van der Waals surface area contributed by atoms with Crippen LogP contribution in [0.5, 0.6) is 0 Å². The third-order valence-corrected chi connectivity index (χ3v) is 4.53. The normalized spacial score (nSPS) is 12.6. The van der Waals surface area contributed by atoms with Gasteiger partial charge >= 0.3 is 5.97 Å². The van der Waals surface area contributed by atoms with Gasteiger partial charge in [-0.05, 0) is 13.8 Å². The highest BCUT2D eigenvalue weighted by Crippen LogP contribution is 2.25. The molecule has 0 saturated carbocycles. The van der Waals surface area contributed by atoms with Crippen molar-refractivity contribution in [1.29, 1.82) is 0 Å². The Morgan fingerprint density at radius 3 is 1.89 bits per heavy atom. The molecule has 0 rings (SSSR count). The first-order valence-electron chi connectivity index (χ1n) is 7.44. The molecule has 1 unspecified atom stereocenters. The van der Waals surface area contributed by atoms with E-state index in [1.165, 1.54) is 27.7 Å². The van der Waals surface area contributed by atoms with Gasteiger partial charge in [-0.2, -0.15) is 0 Å². The second kappa shape index (κ2) is 9.89. The average molecular weight is 411 g/mol. The molecule has 1 atom stereocenters. The predicted molar refractivity (Wildman–Crippen MR) is 90.5 cm³/mol. The minimum Gasteiger partial charge on any atom is -0.480 e. The van der Waals surface area contributed by atoms with E-state index in [4.69, 9.17) is 0 Å². The number of carboxylic acid groups (broad SMARTS) is 1. The zero-order chi connectivity index (χ0) is 21.4. The van der Waals surface area contributed by atoms with Gasteiger partial charge in [-0.25, -0.2) is 4.79 Å². The molecule has 0 bridgehead atoms. The van der Waals surface area contributed by atoms with Gasteiger partial charge in [-0.1, -0.05) is 25.6 Å². The van der Waals surface area contributed by atoms with E-state index >= 15 is 0 Å². The molecule has 0 fully saturated rings. The molecule has 0 aliphatic carbocycles. The lowest BCUT2D eigenvalue weighted by molar-refractivity contribution is -0.760. The van der Waals surface area contributed by atoms with Crippen LogP contribution in [0.2, 0.25) is 0 Å². The van der Waals surface area contributed by atoms with Crippen molar-refractivity contribution in [2.75, 3.05) is 19.0 Å². The Morgan fingerprint density at radius 2 is 1.48 bits per heavy atom. The summed E-state index contributed by atoms with van der Waals surface area (Å²) in [7, 11) is 0. The monoisotopic (exact) mass is 411 g/mol. The van der Waals surface area contributed by atoms with E-state index in [9.17, 15) is 39.7 Å². The number of amides is 1. The van der Waals surface area contributed by atoms with Gasteiger partial charge < -0.3 is 20.1 Å². The number of carboxylic acids is 1. The Hall–Kier alpha value is -2.64. The third-order valence-electron chi connectivity index (χ3n) is 3.21. The van der Waals surface area contributed by atoms with Crippen LogP contribution >= 0.6 is 11.8 Å². The zero-order valence-electron chi connectivity index (χ0n) is 15.1. The number of nitrogens with one attached hydrogen (secondary N) is 1. The number of hydrogen-bond donors (Lipinski definition) is 2. The maximum atomic E-state index is 12.1. The lowest BCUT2D eigenvalue weighted by Crippen LogP contribution is -2.49. The molecule has 2 N–H and O–H groups in total. The number of carbonyl (C=O) groups is 3. The molecule has 0 saturated heterocycles. The molecule has 0 aromatic rings. The lowest BCUT2D eigenvalue weighted by atomic mass is 9.93. The first-order valence-corrected chi connectivity index (χ1v) is 8.43. The van der Waals surface area contributed by atoms with Crippen molar-refractivity contribution in [2.45, 2.75) is 33.7 Å². The number of hydrogen-bond acceptors (Lipinski definition) is 10. The first kappa shape index (κ1) is 24.4. The van der Waals surface area contributed by atoms with Gasteiger partial charge in [-0.3, -0.25) is 9.59 Å². The second-order valence-electron chi connectivity index (χ2n) is 6.72. The first-order chi connectivity index (χ1) is 12.2. The fraction of sp³-hybridized carbons (Fsp3) is 0.769. The minimum absolute atomic E-state index is 0.353. The van der Waals surface area contributed by atoms with E-state index in [2.05, 4.69) is 15.0 Å². The van der Waals surface area contributed by atoms with Crippen molar-refractivity contribution in [3.05, 3.63) is 20.2 Å². The maximum absolute atomic E-state index is 12.1. The molecule has 0 aliphatic heterocycles. The molecular weight excluding hydrogens is 390 g/mol. The lowest BCUT2D eigenvalue weighted by Gasteiger charge is -2.25. The summed E-state index contributed by atoms with van der Waals surface area (Å²) < 4.78 is 0. The van der Waals surface area contributed by atoms with Gasteiger partial charge in [0.15, 0.2) is 5.12 Å². The summed E-state index contributed by atoms with van der Waals surface area (Å²) in [6.45, 7) is 4.31. The fourth-order valence-corrected chi connectivity index (χ4v) is 2.43. The Balaban J connectivity index is 4.84. The smallest absolute Gasteiger partial charge is 0.327 e. The number of carbonyl (C=O) groups excluding carboxylic acids is 2. The van der Waals surface area contributed by atoms with Crippen LogP contribution in [0.15, 0.2) is 0 Å². The van der Waals surface area contributed by atoms with Gasteiger partial charge in [0, 0.05) is 5.75 Å². The van der Waals surface area contributed by atoms with Gasteiger partial charge in [0.05, 0.1) is 10.8 Å². The molecule has 0 aliphatic rings. The van der Waals surface area contributed by atoms with E-state index in [0.717, 1.165) is 0 Å². The molecular formula is C13H21N3O10S. The van der Waals surface area contributed by atoms with Crippen LogP contribution < -0.4 is 5.32 Å². The van der Waals surface area contributed by atoms with Crippen LogP contribution in [0.3, 0.4) is 0 Å². The summed E-state index contributed by atoms with van der Waals surface area (Å²) in [5.41, 5.74) is -2.65. The van der Waals surface area contributed by atoms with Crippen molar-refractivity contribution in [2.24, 2.45) is 10.8 Å². The minimum atomic E-state index is -1.46. The molecule has 27 heavy (non-hydrogen) atoms. The molecule has 14 heteroatoms. The van der Waals surface area contributed by atoms with Crippen LogP contribution in [-0.2, 0) is 24.1 Å². The average Bonchev–Trinajstić information content (AvgIpc) is 2.54. The third kappa shape index (κ3) is 9.03. The summed E-state index contributed by atoms with van der Waals surface area (Å²) in [4.78, 5) is 64.3. The predicted octanol–water partition coefficient (Wildman–Crippen LogP) is 0.285. The largest absolute Gasteiger partial charge is 0.480 e. The van der Waals surface area contributed by atoms with E-state index in [1.54, 1.807) is 0 Å². The van der Waals surface area contributed by atoms with Crippen LogP contribution in [0.1, 0.15) is 27.7 Å². The number of thioether (sulfide) groups is 1. The van der Waals surface area contributed by atoms with Gasteiger partial charge in [-0.15, -0.1) is 20.2 Å². The van der Waals surface area contributed by atoms with Gasteiger partial charge in [0.1, 0.15) is 19.3 Å².